The molecule has 0 spiro atoms. The second kappa shape index (κ2) is 8.78. The Kier molecular flexibility index (Phi) is 6.70. The van der Waals surface area contributed by atoms with Gasteiger partial charge in [-0.05, 0) is 37.1 Å². The summed E-state index contributed by atoms with van der Waals surface area (Å²) < 4.78 is 5.24. The van der Waals surface area contributed by atoms with Crippen molar-refractivity contribution in [2.75, 3.05) is 18.6 Å². The quantitative estimate of drug-likeness (QED) is 0.439. The minimum absolute atomic E-state index is 0.0168. The lowest BCUT2D eigenvalue weighted by Crippen LogP contribution is -2.40. The lowest BCUT2D eigenvalue weighted by atomic mass is 10.0. The van der Waals surface area contributed by atoms with Crippen LogP contribution in [-0.4, -0.2) is 53.1 Å². The van der Waals surface area contributed by atoms with E-state index in [0.717, 1.165) is 4.90 Å². The fourth-order valence-corrected chi connectivity index (χ4v) is 2.76. The molecule has 7 nitrogen and oxygen atoms in total. The van der Waals surface area contributed by atoms with E-state index in [4.69, 9.17) is 22.8 Å². The molecule has 0 aromatic heterocycles. The molecule has 1 N–H and O–H groups in total. The van der Waals surface area contributed by atoms with Crippen LogP contribution in [0, 0.1) is 18.3 Å². The molecule has 0 bridgehead atoms. The Balaban J connectivity index is 2.01. The maximum Gasteiger partial charge on any atom is 0.331 e. The summed E-state index contributed by atoms with van der Waals surface area (Å²) in [5, 5.41) is 3.67. The standard InChI is InChI=1S/C19H22ClN3O4/c1-5-10-22-13(4)17(24)23(19(22)26)11-27-18(25)16(12(2)3)21-15-8-6-14(20)7-9-15/h1,6-9,12-13,16,21H,10-11H2,2-4H3. The van der Waals surface area contributed by atoms with Gasteiger partial charge >= 0.3 is 12.0 Å². The van der Waals surface area contributed by atoms with Gasteiger partial charge in [0.1, 0.15) is 12.1 Å². The number of benzene rings is 1. The number of nitrogens with zero attached hydrogens (tertiary/aromatic N) is 2. The molecular formula is C19H22ClN3O4. The van der Waals surface area contributed by atoms with Gasteiger partial charge < -0.3 is 15.0 Å². The maximum atomic E-state index is 12.5. The number of hydrogen-bond donors (Lipinski definition) is 1. The minimum Gasteiger partial charge on any atom is -0.442 e. The van der Waals surface area contributed by atoms with Crippen LogP contribution in [0.5, 0.6) is 0 Å². The number of carbonyl (C=O) groups is 3. The van der Waals surface area contributed by atoms with Gasteiger partial charge in [-0.1, -0.05) is 31.4 Å². The first-order valence-electron chi connectivity index (χ1n) is 8.50. The Morgan fingerprint density at radius 2 is 1.96 bits per heavy atom. The molecule has 0 saturated carbocycles. The predicted molar refractivity (Wildman–Crippen MR) is 102 cm³/mol. The van der Waals surface area contributed by atoms with E-state index in [-0.39, 0.29) is 12.5 Å². The SMILES string of the molecule is C#CCN1C(=O)N(COC(=O)C(Nc2ccc(Cl)cc2)C(C)C)C(=O)C1C. The highest BCUT2D eigenvalue weighted by molar-refractivity contribution is 6.30. The van der Waals surface area contributed by atoms with E-state index in [2.05, 4.69) is 11.2 Å². The molecule has 1 heterocycles. The van der Waals surface area contributed by atoms with Crippen molar-refractivity contribution in [3.8, 4) is 12.3 Å². The van der Waals surface area contributed by atoms with Crippen LogP contribution in [0.3, 0.4) is 0 Å². The number of hydrogen-bond acceptors (Lipinski definition) is 5. The van der Waals surface area contributed by atoms with Gasteiger partial charge in [-0.15, -0.1) is 6.42 Å². The Hall–Kier alpha value is -2.72. The maximum absolute atomic E-state index is 12.5. The Bertz CT molecular complexity index is 757. The monoisotopic (exact) mass is 391 g/mol. The Labute approximate surface area is 163 Å². The molecule has 1 fully saturated rings. The van der Waals surface area contributed by atoms with Crippen LogP contribution < -0.4 is 5.32 Å². The first kappa shape index (κ1) is 20.6. The van der Waals surface area contributed by atoms with E-state index in [1.807, 2.05) is 13.8 Å². The van der Waals surface area contributed by atoms with Gasteiger partial charge in [0.15, 0.2) is 6.73 Å². The average Bonchev–Trinajstić information content (AvgIpc) is 2.83. The van der Waals surface area contributed by atoms with E-state index in [1.165, 1.54) is 4.90 Å². The first-order chi connectivity index (χ1) is 12.8. The van der Waals surface area contributed by atoms with Gasteiger partial charge in [0.25, 0.3) is 5.91 Å². The van der Waals surface area contributed by atoms with Gasteiger partial charge in [0.2, 0.25) is 0 Å². The van der Waals surface area contributed by atoms with Crippen molar-refractivity contribution in [1.29, 1.82) is 0 Å². The second-order valence-corrected chi connectivity index (χ2v) is 6.96. The number of urea groups is 1. The van der Waals surface area contributed by atoms with Crippen LogP contribution in [0.1, 0.15) is 20.8 Å². The molecule has 144 valence electrons. The van der Waals surface area contributed by atoms with Crippen LogP contribution in [-0.2, 0) is 14.3 Å². The van der Waals surface area contributed by atoms with Crippen molar-refractivity contribution in [1.82, 2.24) is 9.80 Å². The van der Waals surface area contributed by atoms with Crippen molar-refractivity contribution < 1.29 is 19.1 Å². The zero-order valence-electron chi connectivity index (χ0n) is 15.4. The summed E-state index contributed by atoms with van der Waals surface area (Å²) in [4.78, 5) is 39.1. The first-order valence-corrected chi connectivity index (χ1v) is 8.88. The number of halogens is 1. The van der Waals surface area contributed by atoms with Crippen LogP contribution in [0.25, 0.3) is 0 Å². The van der Waals surface area contributed by atoms with Crippen LogP contribution in [0.4, 0.5) is 10.5 Å². The number of nitrogens with one attached hydrogen (secondary N) is 1. The number of amides is 3. The summed E-state index contributed by atoms with van der Waals surface area (Å²) in [5.41, 5.74) is 0.706. The van der Waals surface area contributed by atoms with E-state index >= 15 is 0 Å². The van der Waals surface area contributed by atoms with E-state index in [0.29, 0.717) is 10.7 Å². The Morgan fingerprint density at radius 3 is 2.52 bits per heavy atom. The average molecular weight is 392 g/mol. The normalized spacial score (nSPS) is 17.9. The largest absolute Gasteiger partial charge is 0.442 e. The van der Waals surface area contributed by atoms with Gasteiger partial charge in [-0.25, -0.2) is 14.5 Å². The fourth-order valence-electron chi connectivity index (χ4n) is 2.64. The summed E-state index contributed by atoms with van der Waals surface area (Å²) in [5.74, 6) is 1.24. The smallest absolute Gasteiger partial charge is 0.331 e. The molecule has 2 atom stereocenters. The van der Waals surface area contributed by atoms with Gasteiger partial charge in [-0.2, -0.15) is 0 Å². The molecule has 3 amide bonds. The summed E-state index contributed by atoms with van der Waals surface area (Å²) in [6.07, 6.45) is 5.23. The van der Waals surface area contributed by atoms with Crippen molar-refractivity contribution in [3.05, 3.63) is 29.3 Å². The highest BCUT2D eigenvalue weighted by Crippen LogP contribution is 2.19. The third-order valence-electron chi connectivity index (χ3n) is 4.25. The molecule has 27 heavy (non-hydrogen) atoms. The van der Waals surface area contributed by atoms with Gasteiger partial charge in [0.05, 0.1) is 6.54 Å². The Morgan fingerprint density at radius 1 is 1.33 bits per heavy atom. The molecule has 1 saturated heterocycles. The second-order valence-electron chi connectivity index (χ2n) is 6.52. The molecule has 2 unspecified atom stereocenters. The number of terminal acetylenes is 1. The third kappa shape index (κ3) is 4.72. The zero-order valence-corrected chi connectivity index (χ0v) is 16.2. The lowest BCUT2D eigenvalue weighted by Gasteiger charge is -2.23. The number of anilines is 1. The summed E-state index contributed by atoms with van der Waals surface area (Å²) in [6.45, 7) is 4.87. The minimum atomic E-state index is -0.680. The number of ether oxygens (including phenoxy) is 1. The van der Waals surface area contributed by atoms with Crippen molar-refractivity contribution in [3.63, 3.8) is 0 Å². The van der Waals surface area contributed by atoms with Crippen LogP contribution in [0.2, 0.25) is 5.02 Å². The van der Waals surface area contributed by atoms with Crippen LogP contribution in [0.15, 0.2) is 24.3 Å². The molecule has 8 heteroatoms. The molecule has 1 aromatic rings. The predicted octanol–water partition coefficient (Wildman–Crippen LogP) is 2.56. The molecule has 0 aliphatic carbocycles. The van der Waals surface area contributed by atoms with E-state index in [1.54, 1.807) is 31.2 Å². The van der Waals surface area contributed by atoms with Crippen LogP contribution >= 0.6 is 11.6 Å². The van der Waals surface area contributed by atoms with E-state index < -0.39 is 36.7 Å². The molecule has 1 aliphatic rings. The number of carbonyl (C=O) groups excluding carboxylic acids is 3. The fraction of sp³-hybridized carbons (Fsp3) is 0.421. The molecule has 2 rings (SSSR count). The molecule has 1 aliphatic heterocycles. The lowest BCUT2D eigenvalue weighted by molar-refractivity contribution is -0.151. The third-order valence-corrected chi connectivity index (χ3v) is 4.50. The summed E-state index contributed by atoms with van der Waals surface area (Å²) in [7, 11) is 0. The zero-order chi connectivity index (χ0) is 20.1. The van der Waals surface area contributed by atoms with Crippen molar-refractivity contribution in [2.45, 2.75) is 32.9 Å². The summed E-state index contributed by atoms with van der Waals surface area (Å²) in [6, 6.07) is 5.00. The molecular weight excluding hydrogens is 370 g/mol. The highest BCUT2D eigenvalue weighted by atomic mass is 35.5. The van der Waals surface area contributed by atoms with Gasteiger partial charge in [-0.3, -0.25) is 4.79 Å². The highest BCUT2D eigenvalue weighted by Gasteiger charge is 2.42. The molecule has 1 aromatic carbocycles. The topological polar surface area (TPSA) is 79.0 Å². The number of rotatable bonds is 7. The van der Waals surface area contributed by atoms with Crippen molar-refractivity contribution in [2.24, 2.45) is 5.92 Å². The number of esters is 1. The molecule has 0 radical (unpaired) electrons. The number of imide groups is 1. The van der Waals surface area contributed by atoms with E-state index in [9.17, 15) is 14.4 Å². The summed E-state index contributed by atoms with van der Waals surface area (Å²) >= 11 is 5.86. The van der Waals surface area contributed by atoms with Crippen molar-refractivity contribution >= 4 is 35.2 Å². The van der Waals surface area contributed by atoms with Gasteiger partial charge in [0, 0.05) is 10.7 Å².